The molecule has 7 nitrogen and oxygen atoms in total. The number of nitro benzene ring substituents is 1. The maximum absolute atomic E-state index is 12.9. The van der Waals surface area contributed by atoms with Crippen LogP contribution in [0.2, 0.25) is 0 Å². The number of carbonyl (C=O) groups is 1. The Hall–Kier alpha value is -2.41. The molecule has 0 aromatic heterocycles. The van der Waals surface area contributed by atoms with Crippen molar-refractivity contribution in [1.82, 2.24) is 10.2 Å². The second-order valence-corrected chi connectivity index (χ2v) is 6.16. The van der Waals surface area contributed by atoms with Gasteiger partial charge in [-0.05, 0) is 26.0 Å². The normalized spacial score (nSPS) is 19.4. The number of amides is 1. The van der Waals surface area contributed by atoms with E-state index < -0.39 is 10.5 Å². The topological polar surface area (TPSA) is 86.8 Å². The first-order chi connectivity index (χ1) is 10.9. The van der Waals surface area contributed by atoms with Crippen molar-refractivity contribution >= 4 is 17.2 Å². The predicted octanol–water partition coefficient (Wildman–Crippen LogP) is 1.60. The summed E-state index contributed by atoms with van der Waals surface area (Å²) in [7, 11) is 0. The predicted molar refractivity (Wildman–Crippen MR) is 84.2 cm³/mol. The minimum Gasteiger partial charge on any atom is -0.483 e. The van der Waals surface area contributed by atoms with Crippen molar-refractivity contribution in [3.8, 4) is 5.75 Å². The lowest BCUT2D eigenvalue weighted by molar-refractivity contribution is -0.384. The summed E-state index contributed by atoms with van der Waals surface area (Å²) in [6.07, 6.45) is 1.74. The standard InChI is InChI=1S/C16H18N3O4/c1-16(2)10-13(15(20)18-7-5-17-6-8-18)12-9-11(19(21)22)3-4-14(12)23-16/h3-4,9-10H,5-8H2,1-2H3. The number of piperazine rings is 1. The molecule has 0 saturated carbocycles. The monoisotopic (exact) mass is 316 g/mol. The molecule has 1 amide bonds. The zero-order valence-electron chi connectivity index (χ0n) is 13.1. The molecule has 3 rings (SSSR count). The molecule has 121 valence electrons. The Morgan fingerprint density at radius 1 is 1.35 bits per heavy atom. The van der Waals surface area contributed by atoms with E-state index in [4.69, 9.17) is 4.74 Å². The number of hydrogen-bond donors (Lipinski definition) is 0. The van der Waals surface area contributed by atoms with Crippen LogP contribution in [0.3, 0.4) is 0 Å². The van der Waals surface area contributed by atoms with Crippen molar-refractivity contribution < 1.29 is 14.5 Å². The maximum Gasteiger partial charge on any atom is 0.270 e. The SMILES string of the molecule is CC1(C)C=C(C(=O)N2CC[N]CC2)c2cc([N+](=O)[O-])ccc2O1. The van der Waals surface area contributed by atoms with Gasteiger partial charge in [0.2, 0.25) is 0 Å². The Labute approximate surface area is 134 Å². The van der Waals surface area contributed by atoms with Crippen LogP contribution in [0.5, 0.6) is 5.75 Å². The number of ether oxygens (including phenoxy) is 1. The zero-order valence-corrected chi connectivity index (χ0v) is 13.1. The van der Waals surface area contributed by atoms with Crippen molar-refractivity contribution in [3.63, 3.8) is 0 Å². The van der Waals surface area contributed by atoms with Crippen molar-refractivity contribution in [2.75, 3.05) is 26.2 Å². The van der Waals surface area contributed by atoms with E-state index in [1.54, 1.807) is 17.0 Å². The minimum atomic E-state index is -0.645. The third-order valence-electron chi connectivity index (χ3n) is 3.90. The smallest absolute Gasteiger partial charge is 0.270 e. The number of nitro groups is 1. The average Bonchev–Trinajstić information content (AvgIpc) is 2.53. The molecular formula is C16H18N3O4. The van der Waals surface area contributed by atoms with Gasteiger partial charge in [0.25, 0.3) is 11.6 Å². The molecule has 0 spiro atoms. The minimum absolute atomic E-state index is 0.0561. The van der Waals surface area contributed by atoms with E-state index in [0.29, 0.717) is 43.1 Å². The molecule has 1 aromatic rings. The molecule has 1 fully saturated rings. The van der Waals surface area contributed by atoms with Gasteiger partial charge in [0.05, 0.1) is 10.5 Å². The van der Waals surface area contributed by atoms with E-state index >= 15 is 0 Å². The fraction of sp³-hybridized carbons (Fsp3) is 0.438. The summed E-state index contributed by atoms with van der Waals surface area (Å²) in [6, 6.07) is 4.35. The number of fused-ring (bicyclic) bond motifs is 1. The first-order valence-corrected chi connectivity index (χ1v) is 7.51. The first kappa shape index (κ1) is 15.5. The van der Waals surface area contributed by atoms with E-state index in [9.17, 15) is 14.9 Å². The van der Waals surface area contributed by atoms with Gasteiger partial charge in [0.1, 0.15) is 11.4 Å². The maximum atomic E-state index is 12.9. The van der Waals surface area contributed by atoms with Crippen LogP contribution in [0.25, 0.3) is 5.57 Å². The van der Waals surface area contributed by atoms with Gasteiger partial charge >= 0.3 is 0 Å². The molecule has 2 aliphatic heterocycles. The average molecular weight is 316 g/mol. The third-order valence-corrected chi connectivity index (χ3v) is 3.90. The van der Waals surface area contributed by atoms with Gasteiger partial charge in [-0.2, -0.15) is 0 Å². The van der Waals surface area contributed by atoms with E-state index in [1.807, 2.05) is 13.8 Å². The quantitative estimate of drug-likeness (QED) is 0.612. The molecule has 0 bridgehead atoms. The summed E-state index contributed by atoms with van der Waals surface area (Å²) in [5.74, 6) is 0.367. The second-order valence-electron chi connectivity index (χ2n) is 6.16. The largest absolute Gasteiger partial charge is 0.483 e. The number of rotatable bonds is 2. The van der Waals surface area contributed by atoms with Crippen LogP contribution in [0.4, 0.5) is 5.69 Å². The molecular weight excluding hydrogens is 298 g/mol. The van der Waals surface area contributed by atoms with Crippen molar-refractivity contribution in [2.24, 2.45) is 0 Å². The van der Waals surface area contributed by atoms with E-state index in [-0.39, 0.29) is 11.6 Å². The van der Waals surface area contributed by atoms with Crippen LogP contribution in [-0.2, 0) is 4.79 Å². The van der Waals surface area contributed by atoms with Crippen LogP contribution < -0.4 is 10.1 Å². The van der Waals surface area contributed by atoms with Gasteiger partial charge in [-0.25, -0.2) is 5.32 Å². The Morgan fingerprint density at radius 2 is 2.04 bits per heavy atom. The fourth-order valence-electron chi connectivity index (χ4n) is 2.83. The lowest BCUT2D eigenvalue weighted by atomic mass is 9.93. The summed E-state index contributed by atoms with van der Waals surface area (Å²) >= 11 is 0. The Kier molecular flexibility index (Phi) is 3.81. The van der Waals surface area contributed by atoms with E-state index in [2.05, 4.69) is 5.32 Å². The van der Waals surface area contributed by atoms with Gasteiger partial charge in [-0.15, -0.1) is 0 Å². The highest BCUT2D eigenvalue weighted by atomic mass is 16.6. The van der Waals surface area contributed by atoms with Crippen molar-refractivity contribution in [1.29, 1.82) is 0 Å². The van der Waals surface area contributed by atoms with Crippen LogP contribution in [0.15, 0.2) is 24.3 Å². The molecule has 0 atom stereocenters. The molecule has 2 heterocycles. The summed E-state index contributed by atoms with van der Waals surface area (Å²) in [5, 5.41) is 15.3. The highest BCUT2D eigenvalue weighted by Gasteiger charge is 2.33. The summed E-state index contributed by atoms with van der Waals surface area (Å²) in [4.78, 5) is 25.2. The molecule has 23 heavy (non-hydrogen) atoms. The van der Waals surface area contributed by atoms with Gasteiger partial charge in [-0.1, -0.05) is 0 Å². The number of nitrogens with zero attached hydrogens (tertiary/aromatic N) is 3. The Balaban J connectivity index is 2.03. The van der Waals surface area contributed by atoms with Gasteiger partial charge in [0.15, 0.2) is 0 Å². The molecule has 2 aliphatic rings. The summed E-state index contributed by atoms with van der Waals surface area (Å²) in [5.41, 5.74) is 0.237. The molecule has 1 aromatic carbocycles. The Bertz CT molecular complexity index is 691. The van der Waals surface area contributed by atoms with Crippen molar-refractivity contribution in [3.05, 3.63) is 40.0 Å². The number of non-ortho nitro benzene ring substituents is 1. The second kappa shape index (κ2) is 5.66. The number of hydrogen-bond acceptors (Lipinski definition) is 4. The fourth-order valence-corrected chi connectivity index (χ4v) is 2.83. The molecule has 7 heteroatoms. The first-order valence-electron chi connectivity index (χ1n) is 7.51. The number of benzene rings is 1. The van der Waals surface area contributed by atoms with Crippen LogP contribution in [0, 0.1) is 10.1 Å². The van der Waals surface area contributed by atoms with Crippen LogP contribution in [-0.4, -0.2) is 47.5 Å². The van der Waals surface area contributed by atoms with Gasteiger partial charge < -0.3 is 9.64 Å². The zero-order chi connectivity index (χ0) is 16.6. The molecule has 1 radical (unpaired) electrons. The summed E-state index contributed by atoms with van der Waals surface area (Å²) in [6.45, 7) is 6.11. The highest BCUT2D eigenvalue weighted by molar-refractivity contribution is 6.21. The molecule has 0 N–H and O–H groups in total. The Morgan fingerprint density at radius 3 is 2.70 bits per heavy atom. The van der Waals surface area contributed by atoms with Gasteiger partial charge in [0, 0.05) is 43.9 Å². The van der Waals surface area contributed by atoms with E-state index in [1.165, 1.54) is 12.1 Å². The lowest BCUT2D eigenvalue weighted by Gasteiger charge is -2.33. The number of carbonyl (C=O) groups excluding carboxylic acids is 1. The summed E-state index contributed by atoms with van der Waals surface area (Å²) < 4.78 is 5.83. The van der Waals surface area contributed by atoms with Crippen LogP contribution >= 0.6 is 0 Å². The van der Waals surface area contributed by atoms with Gasteiger partial charge in [-0.3, -0.25) is 14.9 Å². The van der Waals surface area contributed by atoms with E-state index in [0.717, 1.165) is 0 Å². The third kappa shape index (κ3) is 3.05. The van der Waals surface area contributed by atoms with Crippen molar-refractivity contribution in [2.45, 2.75) is 19.4 Å². The lowest BCUT2D eigenvalue weighted by Crippen LogP contribution is -2.45. The van der Waals surface area contributed by atoms with Crippen LogP contribution in [0.1, 0.15) is 19.4 Å². The molecule has 1 saturated heterocycles. The molecule has 0 unspecified atom stereocenters. The highest BCUT2D eigenvalue weighted by Crippen LogP contribution is 2.38. The molecule has 0 aliphatic carbocycles.